The summed E-state index contributed by atoms with van der Waals surface area (Å²) in [7, 11) is 0. The number of rotatable bonds is 5. The molecule has 25 heavy (non-hydrogen) atoms. The number of aromatic nitrogens is 3. The van der Waals surface area contributed by atoms with Crippen molar-refractivity contribution in [2.75, 3.05) is 19.8 Å². The van der Waals surface area contributed by atoms with E-state index in [2.05, 4.69) is 45.0 Å². The van der Waals surface area contributed by atoms with Crippen LogP contribution in [0.4, 0.5) is 0 Å². The summed E-state index contributed by atoms with van der Waals surface area (Å²) in [6, 6.07) is 9.60. The lowest BCUT2D eigenvalue weighted by atomic mass is 9.94. The highest BCUT2D eigenvalue weighted by Crippen LogP contribution is 2.29. The van der Waals surface area contributed by atoms with Gasteiger partial charge in [0.1, 0.15) is 12.7 Å². The van der Waals surface area contributed by atoms with Gasteiger partial charge < -0.3 is 15.4 Å². The van der Waals surface area contributed by atoms with Gasteiger partial charge in [-0.2, -0.15) is 5.10 Å². The predicted octanol–water partition coefficient (Wildman–Crippen LogP) is 1.94. The van der Waals surface area contributed by atoms with Crippen LogP contribution in [-0.4, -0.2) is 46.6 Å². The van der Waals surface area contributed by atoms with Gasteiger partial charge in [-0.3, -0.25) is 0 Å². The second kappa shape index (κ2) is 8.76. The van der Waals surface area contributed by atoms with Gasteiger partial charge in [-0.15, -0.1) is 12.4 Å². The topological polar surface area (TPSA) is 64.0 Å². The number of nitrogens with one attached hydrogen (secondary N) is 2. The van der Waals surface area contributed by atoms with Crippen LogP contribution >= 0.6 is 12.4 Å². The maximum Gasteiger partial charge on any atom is 0.138 e. The predicted molar refractivity (Wildman–Crippen MR) is 99.2 cm³/mol. The number of ether oxygens (including phenoxy) is 1. The Morgan fingerprint density at radius 3 is 2.84 bits per heavy atom. The maximum absolute atomic E-state index is 5.65. The molecule has 1 aromatic carbocycles. The maximum atomic E-state index is 5.65. The van der Waals surface area contributed by atoms with Crippen molar-refractivity contribution in [3.05, 3.63) is 42.5 Å². The molecule has 2 aliphatic rings. The first-order chi connectivity index (χ1) is 11.9. The number of nitrogens with zero attached hydrogens (tertiary/aromatic N) is 3. The summed E-state index contributed by atoms with van der Waals surface area (Å²) in [5.41, 5.74) is 2.34. The van der Waals surface area contributed by atoms with E-state index in [1.165, 1.54) is 24.8 Å². The third kappa shape index (κ3) is 4.39. The summed E-state index contributed by atoms with van der Waals surface area (Å²) >= 11 is 0. The van der Waals surface area contributed by atoms with Gasteiger partial charge in [-0.05, 0) is 36.5 Å². The summed E-state index contributed by atoms with van der Waals surface area (Å²) in [5.74, 6) is 0.680. The first-order valence-corrected chi connectivity index (χ1v) is 8.88. The van der Waals surface area contributed by atoms with Crippen molar-refractivity contribution in [1.82, 2.24) is 25.4 Å². The fourth-order valence-electron chi connectivity index (χ4n) is 3.94. The summed E-state index contributed by atoms with van der Waals surface area (Å²) in [6.45, 7) is 3.60. The van der Waals surface area contributed by atoms with Gasteiger partial charge in [0.25, 0.3) is 0 Å². The first-order valence-electron chi connectivity index (χ1n) is 8.88. The fraction of sp³-hybridized carbons (Fsp3) is 0.556. The Morgan fingerprint density at radius 1 is 1.24 bits per heavy atom. The van der Waals surface area contributed by atoms with E-state index < -0.39 is 0 Å². The van der Waals surface area contributed by atoms with Crippen molar-refractivity contribution in [3.63, 3.8) is 0 Å². The van der Waals surface area contributed by atoms with Crippen LogP contribution in [0.15, 0.2) is 36.9 Å². The van der Waals surface area contributed by atoms with Gasteiger partial charge in [-0.25, -0.2) is 9.67 Å². The van der Waals surface area contributed by atoms with Gasteiger partial charge in [-0.1, -0.05) is 18.6 Å². The normalized spacial score (nSPS) is 26.3. The Bertz CT molecular complexity index is 627. The molecule has 0 amide bonds. The number of morpholine rings is 1. The lowest BCUT2D eigenvalue weighted by Gasteiger charge is -2.33. The van der Waals surface area contributed by atoms with E-state index in [4.69, 9.17) is 4.74 Å². The molecule has 6 nitrogen and oxygen atoms in total. The highest BCUT2D eigenvalue weighted by atomic mass is 35.5. The van der Waals surface area contributed by atoms with Gasteiger partial charge >= 0.3 is 0 Å². The molecule has 4 rings (SSSR count). The molecule has 3 atom stereocenters. The fourth-order valence-corrected chi connectivity index (χ4v) is 3.94. The van der Waals surface area contributed by atoms with Crippen LogP contribution < -0.4 is 10.6 Å². The van der Waals surface area contributed by atoms with Crippen LogP contribution in [0, 0.1) is 5.92 Å². The molecule has 1 saturated carbocycles. The molecule has 2 aromatic rings. The summed E-state index contributed by atoms with van der Waals surface area (Å²) in [4.78, 5) is 3.99. The molecule has 3 unspecified atom stereocenters. The summed E-state index contributed by atoms with van der Waals surface area (Å²) < 4.78 is 7.43. The largest absolute Gasteiger partial charge is 0.379 e. The Kier molecular flexibility index (Phi) is 6.42. The van der Waals surface area contributed by atoms with E-state index in [1.807, 2.05) is 0 Å². The van der Waals surface area contributed by atoms with E-state index >= 15 is 0 Å². The lowest BCUT2D eigenvalue weighted by Crippen LogP contribution is -2.50. The highest BCUT2D eigenvalue weighted by molar-refractivity contribution is 5.85. The van der Waals surface area contributed by atoms with E-state index in [0.29, 0.717) is 18.0 Å². The van der Waals surface area contributed by atoms with Gasteiger partial charge in [0.2, 0.25) is 0 Å². The smallest absolute Gasteiger partial charge is 0.138 e. The van der Waals surface area contributed by atoms with E-state index in [-0.39, 0.29) is 12.4 Å². The van der Waals surface area contributed by atoms with Crippen molar-refractivity contribution in [3.8, 4) is 5.69 Å². The number of benzene rings is 1. The number of hydrogen-bond donors (Lipinski definition) is 2. The van der Waals surface area contributed by atoms with Gasteiger partial charge in [0.15, 0.2) is 0 Å². The Hall–Kier alpha value is -1.47. The summed E-state index contributed by atoms with van der Waals surface area (Å²) in [6.07, 6.45) is 7.14. The van der Waals surface area contributed by atoms with Crippen LogP contribution in [-0.2, 0) is 11.3 Å². The monoisotopic (exact) mass is 363 g/mol. The minimum absolute atomic E-state index is 0. The molecule has 1 aromatic heterocycles. The van der Waals surface area contributed by atoms with Gasteiger partial charge in [0.05, 0.1) is 18.9 Å². The van der Waals surface area contributed by atoms with Crippen LogP contribution in [0.5, 0.6) is 0 Å². The highest BCUT2D eigenvalue weighted by Gasteiger charge is 2.34. The van der Waals surface area contributed by atoms with Gasteiger partial charge in [0, 0.05) is 25.2 Å². The van der Waals surface area contributed by atoms with Crippen LogP contribution in [0.3, 0.4) is 0 Å². The molecule has 2 heterocycles. The molecule has 0 bridgehead atoms. The second-order valence-electron chi connectivity index (χ2n) is 6.72. The lowest BCUT2D eigenvalue weighted by molar-refractivity contribution is 0.0524. The van der Waals surface area contributed by atoms with Crippen molar-refractivity contribution in [2.24, 2.45) is 5.92 Å². The quantitative estimate of drug-likeness (QED) is 0.850. The number of halogens is 1. The molecule has 0 radical (unpaired) electrons. The van der Waals surface area contributed by atoms with E-state index in [9.17, 15) is 0 Å². The molecular weight excluding hydrogens is 338 g/mol. The Morgan fingerprint density at radius 2 is 2.12 bits per heavy atom. The standard InChI is InChI=1S/C18H25N5O.ClH/c1-2-16(18-11-24-9-8-20-18)17(3-1)21-10-14-4-6-15(7-5-14)23-13-19-12-22-23;/h4-7,12-13,16-18,20-21H,1-3,8-11H2;1H. The van der Waals surface area contributed by atoms with Crippen molar-refractivity contribution < 1.29 is 4.74 Å². The molecule has 2 fully saturated rings. The molecule has 1 aliphatic carbocycles. The average Bonchev–Trinajstić information content (AvgIpc) is 3.33. The van der Waals surface area contributed by atoms with E-state index in [0.717, 1.165) is 32.0 Å². The van der Waals surface area contributed by atoms with Crippen molar-refractivity contribution in [2.45, 2.75) is 37.9 Å². The third-order valence-corrected chi connectivity index (χ3v) is 5.22. The van der Waals surface area contributed by atoms with Crippen LogP contribution in [0.1, 0.15) is 24.8 Å². The molecule has 0 spiro atoms. The molecule has 7 heteroatoms. The van der Waals surface area contributed by atoms with Crippen LogP contribution in [0.2, 0.25) is 0 Å². The molecular formula is C18H26ClN5O. The summed E-state index contributed by atoms with van der Waals surface area (Å²) in [5, 5.41) is 11.6. The molecule has 136 valence electrons. The third-order valence-electron chi connectivity index (χ3n) is 5.22. The zero-order valence-electron chi connectivity index (χ0n) is 14.3. The minimum Gasteiger partial charge on any atom is -0.379 e. The zero-order valence-corrected chi connectivity index (χ0v) is 15.1. The zero-order chi connectivity index (χ0) is 16.2. The molecule has 1 aliphatic heterocycles. The average molecular weight is 364 g/mol. The minimum atomic E-state index is 0. The second-order valence-corrected chi connectivity index (χ2v) is 6.72. The van der Waals surface area contributed by atoms with Crippen molar-refractivity contribution >= 4 is 12.4 Å². The van der Waals surface area contributed by atoms with E-state index in [1.54, 1.807) is 17.3 Å². The van der Waals surface area contributed by atoms with Crippen LogP contribution in [0.25, 0.3) is 5.69 Å². The Balaban J connectivity index is 0.00000182. The molecule has 2 N–H and O–H groups in total. The first kappa shape index (κ1) is 18.3. The SMILES string of the molecule is Cl.c1ncn(-c2ccc(CNC3CCCC3C3COCCN3)cc2)n1. The number of hydrogen-bond acceptors (Lipinski definition) is 5. The molecule has 1 saturated heterocycles. The van der Waals surface area contributed by atoms with Crippen molar-refractivity contribution in [1.29, 1.82) is 0 Å². The Labute approximate surface area is 154 Å².